The molecular formula is C17H18BrFN2. The van der Waals surface area contributed by atoms with Crippen molar-refractivity contribution in [2.45, 2.75) is 19.9 Å². The lowest BCUT2D eigenvalue weighted by Gasteiger charge is -2.23. The van der Waals surface area contributed by atoms with Crippen LogP contribution in [0.5, 0.6) is 0 Å². The summed E-state index contributed by atoms with van der Waals surface area (Å²) in [4.78, 5) is 2.22. The lowest BCUT2D eigenvalue weighted by molar-refractivity contribution is 0.628. The van der Waals surface area contributed by atoms with Gasteiger partial charge in [-0.05, 0) is 54.4 Å². The van der Waals surface area contributed by atoms with E-state index in [0.717, 1.165) is 41.9 Å². The molecule has 2 nitrogen and oxygen atoms in total. The standard InChI is InChI=1S/C17H18BrFN2/c1-2-20-11-13-9-14(18)4-6-16(13)21-8-7-12-3-5-15(19)10-17(12)21/h3-6,9-10,20H,2,7-8,11H2,1H3. The molecule has 4 heteroatoms. The van der Waals surface area contributed by atoms with Gasteiger partial charge in [-0.15, -0.1) is 0 Å². The Morgan fingerprint density at radius 2 is 2.05 bits per heavy atom. The van der Waals surface area contributed by atoms with Crippen molar-refractivity contribution in [3.8, 4) is 0 Å². The van der Waals surface area contributed by atoms with E-state index >= 15 is 0 Å². The van der Waals surface area contributed by atoms with E-state index in [1.54, 1.807) is 12.1 Å². The third kappa shape index (κ3) is 2.97. The predicted octanol–water partition coefficient (Wildman–Crippen LogP) is 4.39. The van der Waals surface area contributed by atoms with Crippen LogP contribution >= 0.6 is 15.9 Å². The van der Waals surface area contributed by atoms with Crippen molar-refractivity contribution in [3.05, 3.63) is 57.8 Å². The van der Waals surface area contributed by atoms with E-state index in [2.05, 4.69) is 45.2 Å². The lowest BCUT2D eigenvalue weighted by Crippen LogP contribution is -2.19. The molecule has 0 amide bonds. The minimum absolute atomic E-state index is 0.175. The first-order valence-electron chi connectivity index (χ1n) is 7.24. The number of fused-ring (bicyclic) bond motifs is 1. The average molecular weight is 349 g/mol. The monoisotopic (exact) mass is 348 g/mol. The molecule has 0 saturated carbocycles. The molecule has 0 bridgehead atoms. The molecule has 2 aromatic carbocycles. The molecule has 3 rings (SSSR count). The highest BCUT2D eigenvalue weighted by Gasteiger charge is 2.22. The third-order valence-electron chi connectivity index (χ3n) is 3.84. The first kappa shape index (κ1) is 14.5. The minimum Gasteiger partial charge on any atom is -0.341 e. The van der Waals surface area contributed by atoms with Gasteiger partial charge in [0.05, 0.1) is 0 Å². The van der Waals surface area contributed by atoms with Gasteiger partial charge in [0.15, 0.2) is 0 Å². The molecule has 21 heavy (non-hydrogen) atoms. The Balaban J connectivity index is 2.00. The van der Waals surface area contributed by atoms with Gasteiger partial charge in [-0.2, -0.15) is 0 Å². The van der Waals surface area contributed by atoms with Crippen molar-refractivity contribution in [2.24, 2.45) is 0 Å². The molecule has 1 N–H and O–H groups in total. The summed E-state index contributed by atoms with van der Waals surface area (Å²) in [7, 11) is 0. The SMILES string of the molecule is CCNCc1cc(Br)ccc1N1CCc2ccc(F)cc21. The van der Waals surface area contributed by atoms with Crippen LogP contribution in [-0.2, 0) is 13.0 Å². The van der Waals surface area contributed by atoms with E-state index in [0.29, 0.717) is 0 Å². The smallest absolute Gasteiger partial charge is 0.125 e. The fraction of sp³-hybridized carbons (Fsp3) is 0.294. The summed E-state index contributed by atoms with van der Waals surface area (Å²) in [5, 5.41) is 3.37. The van der Waals surface area contributed by atoms with E-state index in [-0.39, 0.29) is 5.82 Å². The first-order chi connectivity index (χ1) is 10.2. The fourth-order valence-corrected chi connectivity index (χ4v) is 3.23. The topological polar surface area (TPSA) is 15.3 Å². The summed E-state index contributed by atoms with van der Waals surface area (Å²) in [6.45, 7) is 4.74. The zero-order valence-corrected chi connectivity index (χ0v) is 13.6. The minimum atomic E-state index is -0.175. The summed E-state index contributed by atoms with van der Waals surface area (Å²) in [5.41, 5.74) is 4.59. The van der Waals surface area contributed by atoms with Gasteiger partial charge in [0.25, 0.3) is 0 Å². The molecule has 0 fully saturated rings. The van der Waals surface area contributed by atoms with Gasteiger partial charge in [0, 0.05) is 28.9 Å². The van der Waals surface area contributed by atoms with Gasteiger partial charge in [0.2, 0.25) is 0 Å². The van der Waals surface area contributed by atoms with Crippen molar-refractivity contribution in [2.75, 3.05) is 18.0 Å². The number of hydrogen-bond acceptors (Lipinski definition) is 2. The molecule has 110 valence electrons. The van der Waals surface area contributed by atoms with Crippen LogP contribution in [0.15, 0.2) is 40.9 Å². The lowest BCUT2D eigenvalue weighted by atomic mass is 10.1. The Kier molecular flexibility index (Phi) is 4.27. The Morgan fingerprint density at radius 3 is 2.86 bits per heavy atom. The zero-order chi connectivity index (χ0) is 14.8. The number of halogens is 2. The van der Waals surface area contributed by atoms with Crippen molar-refractivity contribution >= 4 is 27.3 Å². The number of nitrogens with one attached hydrogen (secondary N) is 1. The Morgan fingerprint density at radius 1 is 1.19 bits per heavy atom. The van der Waals surface area contributed by atoms with Gasteiger partial charge < -0.3 is 10.2 Å². The Labute approximate surface area is 133 Å². The quantitative estimate of drug-likeness (QED) is 0.881. The van der Waals surface area contributed by atoms with Crippen LogP contribution in [-0.4, -0.2) is 13.1 Å². The molecule has 1 heterocycles. The second kappa shape index (κ2) is 6.16. The molecular weight excluding hydrogens is 331 g/mol. The molecule has 0 aromatic heterocycles. The molecule has 0 radical (unpaired) electrons. The van der Waals surface area contributed by atoms with Crippen molar-refractivity contribution in [1.82, 2.24) is 5.32 Å². The molecule has 0 saturated heterocycles. The maximum absolute atomic E-state index is 13.6. The number of benzene rings is 2. The number of rotatable bonds is 4. The zero-order valence-electron chi connectivity index (χ0n) is 12.0. The highest BCUT2D eigenvalue weighted by Crippen LogP contribution is 2.37. The summed E-state index contributed by atoms with van der Waals surface area (Å²) in [6.07, 6.45) is 0.965. The number of nitrogens with zero attached hydrogens (tertiary/aromatic N) is 1. The Bertz CT molecular complexity index is 657. The molecule has 0 spiro atoms. The van der Waals surface area contributed by atoms with Crippen LogP contribution in [0.25, 0.3) is 0 Å². The highest BCUT2D eigenvalue weighted by atomic mass is 79.9. The van der Waals surface area contributed by atoms with E-state index in [1.807, 2.05) is 12.1 Å². The normalized spacial score (nSPS) is 13.6. The van der Waals surface area contributed by atoms with Crippen molar-refractivity contribution in [1.29, 1.82) is 0 Å². The van der Waals surface area contributed by atoms with Crippen LogP contribution in [0.4, 0.5) is 15.8 Å². The maximum atomic E-state index is 13.6. The van der Waals surface area contributed by atoms with E-state index in [1.165, 1.54) is 11.1 Å². The van der Waals surface area contributed by atoms with Crippen LogP contribution in [0.3, 0.4) is 0 Å². The van der Waals surface area contributed by atoms with Gasteiger partial charge in [-0.3, -0.25) is 0 Å². The average Bonchev–Trinajstić information content (AvgIpc) is 2.88. The Hall–Kier alpha value is -1.39. The fourth-order valence-electron chi connectivity index (χ4n) is 2.82. The van der Waals surface area contributed by atoms with Crippen LogP contribution in [0.2, 0.25) is 0 Å². The largest absolute Gasteiger partial charge is 0.341 e. The highest BCUT2D eigenvalue weighted by molar-refractivity contribution is 9.10. The summed E-state index contributed by atoms with van der Waals surface area (Å²) < 4.78 is 14.6. The predicted molar refractivity (Wildman–Crippen MR) is 88.6 cm³/mol. The number of anilines is 2. The van der Waals surface area contributed by atoms with Crippen molar-refractivity contribution in [3.63, 3.8) is 0 Å². The van der Waals surface area contributed by atoms with Gasteiger partial charge in [-0.1, -0.05) is 28.9 Å². The molecule has 0 atom stereocenters. The summed E-state index contributed by atoms with van der Waals surface area (Å²) >= 11 is 3.53. The molecule has 1 aliphatic rings. The van der Waals surface area contributed by atoms with Crippen LogP contribution in [0.1, 0.15) is 18.1 Å². The molecule has 2 aromatic rings. The molecule has 1 aliphatic heterocycles. The van der Waals surface area contributed by atoms with E-state index < -0.39 is 0 Å². The van der Waals surface area contributed by atoms with Crippen LogP contribution < -0.4 is 10.2 Å². The molecule has 0 aliphatic carbocycles. The second-order valence-electron chi connectivity index (χ2n) is 5.23. The van der Waals surface area contributed by atoms with Gasteiger partial charge in [0.1, 0.15) is 5.82 Å². The molecule has 0 unspecified atom stereocenters. The number of hydrogen-bond donors (Lipinski definition) is 1. The third-order valence-corrected chi connectivity index (χ3v) is 4.33. The van der Waals surface area contributed by atoms with Crippen molar-refractivity contribution < 1.29 is 4.39 Å². The van der Waals surface area contributed by atoms with E-state index in [4.69, 9.17) is 0 Å². The van der Waals surface area contributed by atoms with Crippen LogP contribution in [0, 0.1) is 5.82 Å². The van der Waals surface area contributed by atoms with E-state index in [9.17, 15) is 4.39 Å². The first-order valence-corrected chi connectivity index (χ1v) is 8.03. The van der Waals surface area contributed by atoms with Gasteiger partial charge >= 0.3 is 0 Å². The second-order valence-corrected chi connectivity index (χ2v) is 6.14. The van der Waals surface area contributed by atoms with Gasteiger partial charge in [-0.25, -0.2) is 4.39 Å². The maximum Gasteiger partial charge on any atom is 0.125 e. The summed E-state index contributed by atoms with van der Waals surface area (Å²) in [5.74, 6) is -0.175. The summed E-state index contributed by atoms with van der Waals surface area (Å²) in [6, 6.07) is 11.4.